The van der Waals surface area contributed by atoms with Crippen LogP contribution in [0.25, 0.3) is 0 Å². The molecule has 0 aromatic carbocycles. The summed E-state index contributed by atoms with van der Waals surface area (Å²) in [5, 5.41) is 2.13. The lowest BCUT2D eigenvalue weighted by molar-refractivity contribution is -0.133. The van der Waals surface area contributed by atoms with Gasteiger partial charge in [-0.25, -0.2) is 4.79 Å². The van der Waals surface area contributed by atoms with Gasteiger partial charge in [-0.15, -0.1) is 0 Å². The first-order valence-corrected chi connectivity index (χ1v) is 7.53. The quantitative estimate of drug-likeness (QED) is 0.776. The molecule has 0 aromatic heterocycles. The van der Waals surface area contributed by atoms with Gasteiger partial charge in [0.2, 0.25) is 11.8 Å². The van der Waals surface area contributed by atoms with E-state index in [1.165, 1.54) is 6.42 Å². The van der Waals surface area contributed by atoms with Gasteiger partial charge in [0.25, 0.3) is 0 Å². The van der Waals surface area contributed by atoms with Gasteiger partial charge in [0.15, 0.2) is 0 Å². The standard InChI is InChI=1S/C14H25N3O4/c1-3-16(10-12(18)15-14(20)21-4-2)11-13(19)17-8-6-5-7-9-17/h3-11H2,1-2H3,(H,15,18,20). The normalized spacial score (nSPS) is 14.9. The smallest absolute Gasteiger partial charge is 0.413 e. The van der Waals surface area contributed by atoms with Gasteiger partial charge in [0.05, 0.1) is 19.7 Å². The molecule has 0 radical (unpaired) electrons. The average Bonchev–Trinajstić information content (AvgIpc) is 2.47. The van der Waals surface area contributed by atoms with Crippen LogP contribution < -0.4 is 5.32 Å². The van der Waals surface area contributed by atoms with Gasteiger partial charge < -0.3 is 9.64 Å². The SMILES string of the molecule is CCOC(=O)NC(=O)CN(CC)CC(=O)N1CCCCC1. The van der Waals surface area contributed by atoms with Crippen molar-refractivity contribution in [1.82, 2.24) is 15.1 Å². The fourth-order valence-electron chi connectivity index (χ4n) is 2.24. The molecular weight excluding hydrogens is 274 g/mol. The molecule has 3 amide bonds. The van der Waals surface area contributed by atoms with Crippen molar-refractivity contribution >= 4 is 17.9 Å². The molecule has 1 heterocycles. The Balaban J connectivity index is 2.37. The zero-order valence-corrected chi connectivity index (χ0v) is 12.9. The Morgan fingerprint density at radius 2 is 1.76 bits per heavy atom. The van der Waals surface area contributed by atoms with Crippen LogP contribution in [0.1, 0.15) is 33.1 Å². The number of nitrogens with one attached hydrogen (secondary N) is 1. The molecule has 1 rings (SSSR count). The molecule has 0 aliphatic carbocycles. The molecule has 1 N–H and O–H groups in total. The molecule has 0 bridgehead atoms. The van der Waals surface area contributed by atoms with Crippen LogP contribution in [0, 0.1) is 0 Å². The number of ether oxygens (including phenoxy) is 1. The zero-order valence-electron chi connectivity index (χ0n) is 12.9. The first-order valence-electron chi connectivity index (χ1n) is 7.53. The Bertz CT molecular complexity index is 367. The summed E-state index contributed by atoms with van der Waals surface area (Å²) in [6, 6.07) is 0. The molecule has 0 spiro atoms. The van der Waals surface area contributed by atoms with Crippen molar-refractivity contribution in [2.45, 2.75) is 33.1 Å². The Kier molecular flexibility index (Phi) is 7.74. The van der Waals surface area contributed by atoms with Crippen molar-refractivity contribution in [3.8, 4) is 0 Å². The Morgan fingerprint density at radius 3 is 2.33 bits per heavy atom. The number of nitrogens with zero attached hydrogens (tertiary/aromatic N) is 2. The molecule has 21 heavy (non-hydrogen) atoms. The van der Waals surface area contributed by atoms with E-state index >= 15 is 0 Å². The first kappa shape index (κ1) is 17.4. The molecule has 7 heteroatoms. The van der Waals surface area contributed by atoms with Gasteiger partial charge in [0.1, 0.15) is 0 Å². The van der Waals surface area contributed by atoms with Crippen LogP contribution in [0.15, 0.2) is 0 Å². The number of likely N-dealkylation sites (tertiary alicyclic amines) is 1. The van der Waals surface area contributed by atoms with E-state index in [0.29, 0.717) is 6.54 Å². The monoisotopic (exact) mass is 299 g/mol. The molecule has 1 saturated heterocycles. The van der Waals surface area contributed by atoms with E-state index < -0.39 is 12.0 Å². The zero-order chi connectivity index (χ0) is 15.7. The predicted octanol–water partition coefficient (Wildman–Crippen LogP) is 0.594. The second-order valence-electron chi connectivity index (χ2n) is 5.01. The second-order valence-corrected chi connectivity index (χ2v) is 5.01. The summed E-state index contributed by atoms with van der Waals surface area (Å²) in [7, 11) is 0. The molecular formula is C14H25N3O4. The summed E-state index contributed by atoms with van der Waals surface area (Å²) in [5.74, 6) is -0.415. The Labute approximate surface area is 125 Å². The number of amides is 3. The maximum absolute atomic E-state index is 12.1. The van der Waals surface area contributed by atoms with Crippen molar-refractivity contribution in [2.75, 3.05) is 39.3 Å². The third-order valence-electron chi connectivity index (χ3n) is 3.40. The van der Waals surface area contributed by atoms with Crippen molar-refractivity contribution < 1.29 is 19.1 Å². The number of imide groups is 1. The van der Waals surface area contributed by atoms with Gasteiger partial charge in [0, 0.05) is 13.1 Å². The molecule has 1 aliphatic heterocycles. The van der Waals surface area contributed by atoms with Gasteiger partial charge in [-0.1, -0.05) is 6.92 Å². The number of carbonyl (C=O) groups is 3. The lowest BCUT2D eigenvalue weighted by atomic mass is 10.1. The van der Waals surface area contributed by atoms with Gasteiger partial charge in [-0.2, -0.15) is 0 Å². The third kappa shape index (κ3) is 6.57. The number of hydrogen-bond acceptors (Lipinski definition) is 5. The molecule has 0 unspecified atom stereocenters. The van der Waals surface area contributed by atoms with E-state index in [4.69, 9.17) is 0 Å². The highest BCUT2D eigenvalue weighted by atomic mass is 16.5. The summed E-state index contributed by atoms with van der Waals surface area (Å²) in [6.45, 7) is 6.12. The van der Waals surface area contributed by atoms with Crippen molar-refractivity contribution in [3.05, 3.63) is 0 Å². The van der Waals surface area contributed by atoms with Crippen LogP contribution in [-0.2, 0) is 14.3 Å². The molecule has 0 aromatic rings. The number of likely N-dealkylation sites (N-methyl/N-ethyl adjacent to an activating group) is 1. The maximum atomic E-state index is 12.1. The summed E-state index contributed by atoms with van der Waals surface area (Å²) < 4.78 is 4.64. The largest absolute Gasteiger partial charge is 0.450 e. The van der Waals surface area contributed by atoms with E-state index in [9.17, 15) is 14.4 Å². The van der Waals surface area contributed by atoms with Gasteiger partial charge in [-0.3, -0.25) is 19.8 Å². The minimum Gasteiger partial charge on any atom is -0.450 e. The number of piperidine rings is 1. The van der Waals surface area contributed by atoms with Crippen LogP contribution in [0.5, 0.6) is 0 Å². The molecule has 120 valence electrons. The lowest BCUT2D eigenvalue weighted by Gasteiger charge is -2.29. The van der Waals surface area contributed by atoms with Crippen LogP contribution in [-0.4, -0.2) is 67.0 Å². The van der Waals surface area contributed by atoms with Crippen LogP contribution in [0.4, 0.5) is 4.79 Å². The highest BCUT2D eigenvalue weighted by Crippen LogP contribution is 2.09. The number of carbonyl (C=O) groups excluding carboxylic acids is 3. The topological polar surface area (TPSA) is 79.0 Å². The summed E-state index contributed by atoms with van der Waals surface area (Å²) >= 11 is 0. The summed E-state index contributed by atoms with van der Waals surface area (Å²) in [6.07, 6.45) is 2.51. The Hall–Kier alpha value is -1.63. The number of hydrogen-bond donors (Lipinski definition) is 1. The molecule has 1 fully saturated rings. The predicted molar refractivity (Wildman–Crippen MR) is 77.7 cm³/mol. The van der Waals surface area contributed by atoms with Crippen LogP contribution >= 0.6 is 0 Å². The van der Waals surface area contributed by atoms with E-state index in [1.807, 2.05) is 11.8 Å². The average molecular weight is 299 g/mol. The lowest BCUT2D eigenvalue weighted by Crippen LogP contribution is -2.46. The summed E-state index contributed by atoms with van der Waals surface area (Å²) in [5.41, 5.74) is 0. The summed E-state index contributed by atoms with van der Waals surface area (Å²) in [4.78, 5) is 38.5. The number of alkyl carbamates (subject to hydrolysis) is 1. The highest BCUT2D eigenvalue weighted by molar-refractivity contribution is 5.93. The van der Waals surface area contributed by atoms with Crippen molar-refractivity contribution in [1.29, 1.82) is 0 Å². The minimum atomic E-state index is -0.749. The van der Waals surface area contributed by atoms with E-state index in [2.05, 4.69) is 10.1 Å². The highest BCUT2D eigenvalue weighted by Gasteiger charge is 2.20. The van der Waals surface area contributed by atoms with Crippen molar-refractivity contribution in [3.63, 3.8) is 0 Å². The third-order valence-corrected chi connectivity index (χ3v) is 3.40. The first-order chi connectivity index (χ1) is 10.1. The fourth-order valence-corrected chi connectivity index (χ4v) is 2.24. The minimum absolute atomic E-state index is 0.00882. The maximum Gasteiger partial charge on any atom is 0.413 e. The number of rotatable bonds is 6. The van der Waals surface area contributed by atoms with Crippen LogP contribution in [0.3, 0.4) is 0 Å². The fraction of sp³-hybridized carbons (Fsp3) is 0.786. The Morgan fingerprint density at radius 1 is 1.10 bits per heavy atom. The molecule has 0 atom stereocenters. The van der Waals surface area contributed by atoms with E-state index in [1.54, 1.807) is 11.8 Å². The van der Waals surface area contributed by atoms with E-state index in [0.717, 1.165) is 25.9 Å². The van der Waals surface area contributed by atoms with Crippen molar-refractivity contribution in [2.24, 2.45) is 0 Å². The molecule has 0 saturated carbocycles. The second kappa shape index (κ2) is 9.33. The molecule has 7 nitrogen and oxygen atoms in total. The van der Waals surface area contributed by atoms with E-state index in [-0.39, 0.29) is 25.6 Å². The van der Waals surface area contributed by atoms with Gasteiger partial charge in [-0.05, 0) is 32.7 Å². The van der Waals surface area contributed by atoms with Gasteiger partial charge >= 0.3 is 6.09 Å². The van der Waals surface area contributed by atoms with Crippen LogP contribution in [0.2, 0.25) is 0 Å². The molecule has 1 aliphatic rings.